The largest absolute Gasteiger partial charge is 0.494 e. The molecule has 108 valence electrons. The molecule has 1 N–H and O–H groups in total. The first-order valence-electron chi connectivity index (χ1n) is 6.98. The minimum atomic E-state index is 0.129. The summed E-state index contributed by atoms with van der Waals surface area (Å²) in [7, 11) is 3.96. The molecule has 1 aromatic carbocycles. The molecule has 2 aromatic rings. The topological polar surface area (TPSA) is 39.1 Å². The fraction of sp³-hybridized carbons (Fsp3) is 0.438. The van der Waals surface area contributed by atoms with Gasteiger partial charge in [0.25, 0.3) is 0 Å². The van der Waals surface area contributed by atoms with Crippen LogP contribution in [0, 0.1) is 13.8 Å². The molecule has 0 saturated heterocycles. The Bertz CT molecular complexity index is 589. The highest BCUT2D eigenvalue weighted by Gasteiger charge is 2.20. The van der Waals surface area contributed by atoms with Crippen molar-refractivity contribution in [3.05, 3.63) is 46.8 Å². The SMILES string of the molecule is CCOc1cccc(C(NC)c2c(C)nn(C)c2C)c1. The summed E-state index contributed by atoms with van der Waals surface area (Å²) in [5, 5.41) is 7.90. The first-order valence-corrected chi connectivity index (χ1v) is 6.98. The van der Waals surface area contributed by atoms with Crippen molar-refractivity contribution in [3.8, 4) is 5.75 Å². The van der Waals surface area contributed by atoms with Crippen molar-refractivity contribution in [2.24, 2.45) is 7.05 Å². The van der Waals surface area contributed by atoms with Gasteiger partial charge in [0.1, 0.15) is 5.75 Å². The Morgan fingerprint density at radius 2 is 2.10 bits per heavy atom. The number of rotatable bonds is 5. The summed E-state index contributed by atoms with van der Waals surface area (Å²) in [5.41, 5.74) is 4.68. The molecular weight excluding hydrogens is 250 g/mol. The number of aryl methyl sites for hydroxylation is 2. The van der Waals surface area contributed by atoms with Gasteiger partial charge >= 0.3 is 0 Å². The van der Waals surface area contributed by atoms with Crippen LogP contribution in [0.2, 0.25) is 0 Å². The summed E-state index contributed by atoms with van der Waals surface area (Å²) >= 11 is 0. The Hall–Kier alpha value is -1.81. The number of hydrogen-bond donors (Lipinski definition) is 1. The maximum absolute atomic E-state index is 5.59. The number of benzene rings is 1. The van der Waals surface area contributed by atoms with Crippen molar-refractivity contribution < 1.29 is 4.74 Å². The normalized spacial score (nSPS) is 12.4. The lowest BCUT2D eigenvalue weighted by Gasteiger charge is -2.18. The molecule has 0 spiro atoms. The molecule has 20 heavy (non-hydrogen) atoms. The molecule has 2 rings (SSSR count). The van der Waals surface area contributed by atoms with E-state index in [2.05, 4.69) is 36.4 Å². The predicted octanol–water partition coefficient (Wildman–Crippen LogP) is 2.74. The second kappa shape index (κ2) is 6.09. The lowest BCUT2D eigenvalue weighted by molar-refractivity contribution is 0.339. The fourth-order valence-corrected chi connectivity index (χ4v) is 2.64. The molecule has 0 aliphatic carbocycles. The summed E-state index contributed by atoms with van der Waals surface area (Å²) in [4.78, 5) is 0. The second-order valence-electron chi connectivity index (χ2n) is 4.94. The maximum Gasteiger partial charge on any atom is 0.119 e. The van der Waals surface area contributed by atoms with E-state index in [-0.39, 0.29) is 6.04 Å². The molecule has 0 saturated carbocycles. The van der Waals surface area contributed by atoms with Gasteiger partial charge in [0, 0.05) is 18.3 Å². The van der Waals surface area contributed by atoms with Crippen LogP contribution in [0.4, 0.5) is 0 Å². The molecule has 0 fully saturated rings. The van der Waals surface area contributed by atoms with Crippen molar-refractivity contribution in [2.45, 2.75) is 26.8 Å². The Labute approximate surface area is 120 Å². The molecular formula is C16H23N3O. The Morgan fingerprint density at radius 1 is 1.35 bits per heavy atom. The molecule has 4 nitrogen and oxygen atoms in total. The van der Waals surface area contributed by atoms with Crippen LogP contribution in [0.1, 0.15) is 35.5 Å². The highest BCUT2D eigenvalue weighted by Crippen LogP contribution is 2.29. The van der Waals surface area contributed by atoms with Crippen molar-refractivity contribution in [1.82, 2.24) is 15.1 Å². The van der Waals surface area contributed by atoms with Crippen molar-refractivity contribution >= 4 is 0 Å². The van der Waals surface area contributed by atoms with Crippen molar-refractivity contribution in [3.63, 3.8) is 0 Å². The van der Waals surface area contributed by atoms with Crippen LogP contribution in [0.3, 0.4) is 0 Å². The molecule has 0 aliphatic heterocycles. The van der Waals surface area contributed by atoms with Gasteiger partial charge in [-0.05, 0) is 45.5 Å². The fourth-order valence-electron chi connectivity index (χ4n) is 2.64. The first-order chi connectivity index (χ1) is 9.58. The smallest absolute Gasteiger partial charge is 0.119 e. The van der Waals surface area contributed by atoms with Crippen LogP contribution >= 0.6 is 0 Å². The summed E-state index contributed by atoms with van der Waals surface area (Å²) in [5.74, 6) is 0.907. The molecule has 0 aliphatic rings. The quantitative estimate of drug-likeness (QED) is 0.910. The average Bonchev–Trinajstić information content (AvgIpc) is 2.67. The Kier molecular flexibility index (Phi) is 4.45. The van der Waals surface area contributed by atoms with Crippen molar-refractivity contribution in [1.29, 1.82) is 0 Å². The number of ether oxygens (including phenoxy) is 1. The van der Waals surface area contributed by atoms with Gasteiger partial charge < -0.3 is 10.1 Å². The number of nitrogens with zero attached hydrogens (tertiary/aromatic N) is 2. The highest BCUT2D eigenvalue weighted by molar-refractivity contribution is 5.40. The summed E-state index contributed by atoms with van der Waals surface area (Å²) in [6.07, 6.45) is 0. The Balaban J connectivity index is 2.44. The minimum absolute atomic E-state index is 0.129. The molecule has 4 heteroatoms. The van der Waals surface area contributed by atoms with Gasteiger partial charge in [-0.1, -0.05) is 12.1 Å². The van der Waals surface area contributed by atoms with E-state index in [1.807, 2.05) is 37.8 Å². The second-order valence-corrected chi connectivity index (χ2v) is 4.94. The molecule has 1 aromatic heterocycles. The standard InChI is InChI=1S/C16H23N3O/c1-6-20-14-9-7-8-13(10-14)16(17-4)15-11(2)18-19(5)12(15)3/h7-10,16-17H,6H2,1-5H3. The summed E-state index contributed by atoms with van der Waals surface area (Å²) in [6, 6.07) is 8.37. The van der Waals surface area contributed by atoms with Crippen LogP contribution in [0.25, 0.3) is 0 Å². The van der Waals surface area contributed by atoms with E-state index in [1.54, 1.807) is 0 Å². The number of aromatic nitrogens is 2. The summed E-state index contributed by atoms with van der Waals surface area (Å²) in [6.45, 7) is 6.83. The van der Waals surface area contributed by atoms with E-state index in [9.17, 15) is 0 Å². The lowest BCUT2D eigenvalue weighted by Crippen LogP contribution is -2.19. The van der Waals surface area contributed by atoms with E-state index in [1.165, 1.54) is 16.8 Å². The third-order valence-electron chi connectivity index (χ3n) is 3.64. The van der Waals surface area contributed by atoms with Crippen LogP contribution in [-0.4, -0.2) is 23.4 Å². The van der Waals surface area contributed by atoms with Crippen molar-refractivity contribution in [2.75, 3.05) is 13.7 Å². The predicted molar refractivity (Wildman–Crippen MR) is 81.2 cm³/mol. The maximum atomic E-state index is 5.59. The minimum Gasteiger partial charge on any atom is -0.494 e. The third-order valence-corrected chi connectivity index (χ3v) is 3.64. The van der Waals surface area contributed by atoms with Gasteiger partial charge in [0.2, 0.25) is 0 Å². The molecule has 1 unspecified atom stereocenters. The molecule has 0 bridgehead atoms. The van der Waals surface area contributed by atoms with Gasteiger partial charge in [-0.3, -0.25) is 4.68 Å². The van der Waals surface area contributed by atoms with E-state index in [0.29, 0.717) is 6.61 Å². The highest BCUT2D eigenvalue weighted by atomic mass is 16.5. The monoisotopic (exact) mass is 273 g/mol. The number of nitrogens with one attached hydrogen (secondary N) is 1. The first kappa shape index (κ1) is 14.6. The third kappa shape index (κ3) is 2.70. The van der Waals surface area contributed by atoms with Gasteiger partial charge in [-0.15, -0.1) is 0 Å². The molecule has 1 heterocycles. The zero-order chi connectivity index (χ0) is 14.7. The molecule has 0 amide bonds. The number of hydrogen-bond acceptors (Lipinski definition) is 3. The van der Waals surface area contributed by atoms with E-state index in [0.717, 1.165) is 11.4 Å². The Morgan fingerprint density at radius 3 is 2.65 bits per heavy atom. The lowest BCUT2D eigenvalue weighted by atomic mass is 9.97. The zero-order valence-electron chi connectivity index (χ0n) is 12.9. The van der Waals surface area contributed by atoms with Crippen LogP contribution in [-0.2, 0) is 7.05 Å². The van der Waals surface area contributed by atoms with Gasteiger partial charge in [0.15, 0.2) is 0 Å². The summed E-state index contributed by atoms with van der Waals surface area (Å²) < 4.78 is 7.53. The van der Waals surface area contributed by atoms with E-state index < -0.39 is 0 Å². The average molecular weight is 273 g/mol. The zero-order valence-corrected chi connectivity index (χ0v) is 12.9. The molecule has 1 atom stereocenters. The van der Waals surface area contributed by atoms with Gasteiger partial charge in [0.05, 0.1) is 18.3 Å². The molecule has 0 radical (unpaired) electrons. The van der Waals surface area contributed by atoms with Crippen LogP contribution < -0.4 is 10.1 Å². The van der Waals surface area contributed by atoms with Gasteiger partial charge in [-0.2, -0.15) is 5.10 Å². The van der Waals surface area contributed by atoms with Crippen LogP contribution in [0.5, 0.6) is 5.75 Å². The van der Waals surface area contributed by atoms with E-state index in [4.69, 9.17) is 4.74 Å². The van der Waals surface area contributed by atoms with Crippen LogP contribution in [0.15, 0.2) is 24.3 Å². The van der Waals surface area contributed by atoms with Gasteiger partial charge in [-0.25, -0.2) is 0 Å². The van der Waals surface area contributed by atoms with E-state index >= 15 is 0 Å².